The van der Waals surface area contributed by atoms with Crippen molar-refractivity contribution in [1.82, 2.24) is 16.0 Å². The van der Waals surface area contributed by atoms with E-state index in [1.165, 1.54) is 6.92 Å². The summed E-state index contributed by atoms with van der Waals surface area (Å²) < 4.78 is 4.96. The first-order chi connectivity index (χ1) is 12.8. The number of ether oxygens (including phenoxy) is 1. The fourth-order valence-electron chi connectivity index (χ4n) is 2.45. The van der Waals surface area contributed by atoms with Gasteiger partial charge in [-0.3, -0.25) is 19.7 Å². The Morgan fingerprint density at radius 3 is 2.39 bits per heavy atom. The van der Waals surface area contributed by atoms with Gasteiger partial charge in [0.05, 0.1) is 17.9 Å². The van der Waals surface area contributed by atoms with Gasteiger partial charge in [-0.25, -0.2) is 4.79 Å². The standard InChI is InChI=1S/C17H19N3O7.Na/c1-9(18-17(26)27-8-10-5-3-2-4-6-10)14(22)20-13(16(24)25)11-7-12(21)19-15(11)23;/h2-6,9,11,13H,7-8H2,1H3,(H,18,26)(H,20,22)(H,24,25)(H,19,21,23);/q;+1/p-1/t9-,11?,13?;/m1./s1. The van der Waals surface area contributed by atoms with Crippen LogP contribution in [0.15, 0.2) is 30.3 Å². The van der Waals surface area contributed by atoms with Crippen LogP contribution in [0, 0.1) is 5.92 Å². The molecule has 28 heavy (non-hydrogen) atoms. The molecule has 2 rings (SSSR count). The number of alkyl carbamates (subject to hydrolysis) is 1. The molecule has 0 bridgehead atoms. The normalized spacial score (nSPS) is 17.5. The topological polar surface area (TPSA) is 154 Å². The number of hydrogen-bond donors (Lipinski definition) is 3. The molecule has 11 heteroatoms. The first-order valence-corrected chi connectivity index (χ1v) is 8.10. The molecular weight excluding hydrogens is 381 g/mol. The Bertz CT molecular complexity index is 756. The van der Waals surface area contributed by atoms with E-state index in [1.54, 1.807) is 24.3 Å². The van der Waals surface area contributed by atoms with Gasteiger partial charge in [-0.1, -0.05) is 30.3 Å². The van der Waals surface area contributed by atoms with Crippen molar-refractivity contribution in [2.45, 2.75) is 32.0 Å². The molecule has 1 saturated heterocycles. The predicted molar refractivity (Wildman–Crippen MR) is 87.4 cm³/mol. The van der Waals surface area contributed by atoms with Gasteiger partial charge in [-0.05, 0) is 12.5 Å². The summed E-state index contributed by atoms with van der Waals surface area (Å²) in [6.07, 6.45) is -1.25. The SMILES string of the molecule is C[C@@H](NC(=O)OCc1ccccc1)C(=O)NC(C(=O)[O-])C1CC(=O)NC1=O.[Na+]. The molecule has 2 unspecified atom stereocenters. The van der Waals surface area contributed by atoms with Gasteiger partial charge in [-0.15, -0.1) is 0 Å². The van der Waals surface area contributed by atoms with Crippen LogP contribution in [0.3, 0.4) is 0 Å². The molecule has 10 nitrogen and oxygen atoms in total. The molecule has 1 aromatic rings. The minimum Gasteiger partial charge on any atom is -0.548 e. The molecule has 1 aliphatic rings. The maximum absolute atomic E-state index is 12.1. The van der Waals surface area contributed by atoms with Crippen molar-refractivity contribution in [2.24, 2.45) is 5.92 Å². The molecule has 0 spiro atoms. The molecule has 0 radical (unpaired) electrons. The van der Waals surface area contributed by atoms with Crippen LogP contribution in [0.25, 0.3) is 0 Å². The van der Waals surface area contributed by atoms with Crippen molar-refractivity contribution in [3.63, 3.8) is 0 Å². The zero-order chi connectivity index (χ0) is 20.0. The zero-order valence-electron chi connectivity index (χ0n) is 15.4. The van der Waals surface area contributed by atoms with Crippen LogP contribution >= 0.6 is 0 Å². The Kier molecular flexibility index (Phi) is 9.10. The molecule has 0 aliphatic carbocycles. The van der Waals surface area contributed by atoms with Gasteiger partial charge >= 0.3 is 35.7 Å². The maximum Gasteiger partial charge on any atom is 1.00 e. The molecule has 4 amide bonds. The number of aliphatic carboxylic acids is 1. The molecule has 3 atom stereocenters. The molecule has 0 aromatic heterocycles. The summed E-state index contributed by atoms with van der Waals surface area (Å²) in [4.78, 5) is 58.0. The third-order valence-electron chi connectivity index (χ3n) is 3.90. The quantitative estimate of drug-likeness (QED) is 0.307. The number of benzene rings is 1. The first-order valence-electron chi connectivity index (χ1n) is 8.10. The van der Waals surface area contributed by atoms with Gasteiger partial charge in [0, 0.05) is 6.42 Å². The fraction of sp³-hybridized carbons (Fsp3) is 0.353. The molecule has 1 aromatic carbocycles. The summed E-state index contributed by atoms with van der Waals surface area (Å²) in [7, 11) is 0. The number of amides is 4. The van der Waals surface area contributed by atoms with Crippen LogP contribution in [0.2, 0.25) is 0 Å². The van der Waals surface area contributed by atoms with Crippen molar-refractivity contribution in [1.29, 1.82) is 0 Å². The van der Waals surface area contributed by atoms with Gasteiger partial charge in [0.15, 0.2) is 0 Å². The van der Waals surface area contributed by atoms with Crippen molar-refractivity contribution in [3.8, 4) is 0 Å². The van der Waals surface area contributed by atoms with Crippen molar-refractivity contribution in [3.05, 3.63) is 35.9 Å². The van der Waals surface area contributed by atoms with Crippen LogP contribution in [0.5, 0.6) is 0 Å². The summed E-state index contributed by atoms with van der Waals surface area (Å²) in [6, 6.07) is 6.02. The molecular formula is C17H18N3NaO7. The summed E-state index contributed by atoms with van der Waals surface area (Å²) >= 11 is 0. The second-order valence-corrected chi connectivity index (χ2v) is 5.96. The largest absolute Gasteiger partial charge is 1.00 e. The van der Waals surface area contributed by atoms with Gasteiger partial charge in [-0.2, -0.15) is 0 Å². The van der Waals surface area contributed by atoms with Crippen LogP contribution in [-0.4, -0.2) is 41.9 Å². The summed E-state index contributed by atoms with van der Waals surface area (Å²) in [5, 5.41) is 17.6. The number of carbonyl (C=O) groups excluding carboxylic acids is 5. The Balaban J connectivity index is 0.00000392. The third kappa shape index (κ3) is 6.63. The molecule has 1 fully saturated rings. The monoisotopic (exact) mass is 399 g/mol. The zero-order valence-corrected chi connectivity index (χ0v) is 17.4. The summed E-state index contributed by atoms with van der Waals surface area (Å²) in [5.41, 5.74) is 0.749. The number of imide groups is 1. The molecule has 1 heterocycles. The number of carboxylic acids is 1. The van der Waals surface area contributed by atoms with E-state index in [0.29, 0.717) is 0 Å². The average Bonchev–Trinajstić information content (AvgIpc) is 2.96. The van der Waals surface area contributed by atoms with E-state index in [0.717, 1.165) is 5.56 Å². The van der Waals surface area contributed by atoms with Crippen LogP contribution in [0.4, 0.5) is 4.79 Å². The Morgan fingerprint density at radius 2 is 1.86 bits per heavy atom. The Hall–Kier alpha value is -2.43. The van der Waals surface area contributed by atoms with E-state index in [1.807, 2.05) is 11.4 Å². The molecule has 144 valence electrons. The van der Waals surface area contributed by atoms with Gasteiger partial charge < -0.3 is 25.3 Å². The van der Waals surface area contributed by atoms with E-state index in [9.17, 15) is 29.1 Å². The van der Waals surface area contributed by atoms with Crippen LogP contribution in [0.1, 0.15) is 18.9 Å². The van der Waals surface area contributed by atoms with E-state index < -0.39 is 47.8 Å². The third-order valence-corrected chi connectivity index (χ3v) is 3.90. The van der Waals surface area contributed by atoms with Gasteiger partial charge in [0.2, 0.25) is 17.7 Å². The van der Waals surface area contributed by atoms with E-state index >= 15 is 0 Å². The second-order valence-electron chi connectivity index (χ2n) is 5.96. The summed E-state index contributed by atoms with van der Waals surface area (Å²) in [5.74, 6) is -5.30. The predicted octanol–water partition coefficient (Wildman–Crippen LogP) is -4.80. The minimum atomic E-state index is -1.71. The van der Waals surface area contributed by atoms with Crippen molar-refractivity contribution < 1.29 is 63.4 Å². The van der Waals surface area contributed by atoms with Gasteiger partial charge in [0.1, 0.15) is 12.6 Å². The molecule has 3 N–H and O–H groups in total. The van der Waals surface area contributed by atoms with Crippen LogP contribution in [-0.2, 0) is 30.5 Å². The molecule has 1 aliphatic heterocycles. The number of carboxylic acid groups (broad SMARTS) is 1. The molecule has 0 saturated carbocycles. The summed E-state index contributed by atoms with van der Waals surface area (Å²) in [6.45, 7) is 1.30. The second kappa shape index (κ2) is 10.8. The smallest absolute Gasteiger partial charge is 0.548 e. The van der Waals surface area contributed by atoms with Crippen molar-refractivity contribution >= 4 is 29.8 Å². The Morgan fingerprint density at radius 1 is 1.21 bits per heavy atom. The number of rotatable bonds is 7. The Labute approximate surface area is 182 Å². The average molecular weight is 399 g/mol. The minimum absolute atomic E-state index is 0. The van der Waals surface area contributed by atoms with Crippen LogP contribution < -0.4 is 50.6 Å². The van der Waals surface area contributed by atoms with E-state index in [4.69, 9.17) is 4.74 Å². The number of hydrogen-bond acceptors (Lipinski definition) is 7. The van der Waals surface area contributed by atoms with E-state index in [2.05, 4.69) is 10.6 Å². The van der Waals surface area contributed by atoms with E-state index in [-0.39, 0.29) is 42.6 Å². The number of carbonyl (C=O) groups is 5. The number of nitrogens with one attached hydrogen (secondary N) is 3. The fourth-order valence-corrected chi connectivity index (χ4v) is 2.45. The first kappa shape index (κ1) is 23.6. The van der Waals surface area contributed by atoms with Gasteiger partial charge in [0.25, 0.3) is 0 Å². The maximum atomic E-state index is 12.1. The van der Waals surface area contributed by atoms with Crippen molar-refractivity contribution in [2.75, 3.05) is 0 Å².